The molecule has 1 aliphatic heterocycles. The van der Waals surface area contributed by atoms with Crippen molar-refractivity contribution in [2.45, 2.75) is 32.7 Å². The molecule has 0 radical (unpaired) electrons. The van der Waals surface area contributed by atoms with Crippen LogP contribution in [0, 0.1) is 25.5 Å². The summed E-state index contributed by atoms with van der Waals surface area (Å²) in [6.45, 7) is 5.81. The standard InChI is InChI=1S/C25H24F2N6O2/c1-14-4-5-19(26)22(15(14)2)25(7-9-32(12-25)16(3)34)30-17-10-18-23(20(27)11-17)28-13-33(24(18)35)21-6-8-29-31-21/h4-6,8,10-11,13,30H,7,9,12H2,1-3H3,(H,29,31)/t25-/m1/s1. The zero-order valence-electron chi connectivity index (χ0n) is 19.5. The van der Waals surface area contributed by atoms with Crippen molar-refractivity contribution in [3.05, 3.63) is 81.5 Å². The molecule has 2 aromatic heterocycles. The van der Waals surface area contributed by atoms with Gasteiger partial charge in [-0.2, -0.15) is 5.10 Å². The number of nitrogens with one attached hydrogen (secondary N) is 2. The molecule has 2 aromatic carbocycles. The average Bonchev–Trinajstić information content (AvgIpc) is 3.49. The minimum absolute atomic E-state index is 0.0580. The molecule has 180 valence electrons. The second kappa shape index (κ2) is 8.30. The van der Waals surface area contributed by atoms with Crippen LogP contribution in [0.3, 0.4) is 0 Å². The second-order valence-electron chi connectivity index (χ2n) is 8.98. The molecule has 35 heavy (non-hydrogen) atoms. The fraction of sp³-hybridized carbons (Fsp3) is 0.280. The number of carbonyl (C=O) groups is 1. The van der Waals surface area contributed by atoms with Crippen molar-refractivity contribution in [3.63, 3.8) is 0 Å². The summed E-state index contributed by atoms with van der Waals surface area (Å²) in [7, 11) is 0. The van der Waals surface area contributed by atoms with Gasteiger partial charge in [0.1, 0.15) is 23.5 Å². The van der Waals surface area contributed by atoms with E-state index < -0.39 is 22.7 Å². The van der Waals surface area contributed by atoms with Gasteiger partial charge in [0.2, 0.25) is 5.91 Å². The Morgan fingerprint density at radius 1 is 1.17 bits per heavy atom. The van der Waals surface area contributed by atoms with E-state index in [-0.39, 0.29) is 23.4 Å². The molecule has 0 saturated carbocycles. The number of likely N-dealkylation sites (tertiary alicyclic amines) is 1. The summed E-state index contributed by atoms with van der Waals surface area (Å²) in [5.74, 6) is -0.826. The topological polar surface area (TPSA) is 95.9 Å². The first-order chi connectivity index (χ1) is 16.7. The van der Waals surface area contributed by atoms with Crippen LogP contribution in [0.4, 0.5) is 14.5 Å². The number of benzene rings is 2. The maximum Gasteiger partial charge on any atom is 0.267 e. The summed E-state index contributed by atoms with van der Waals surface area (Å²) in [6, 6.07) is 7.48. The van der Waals surface area contributed by atoms with Crippen molar-refractivity contribution < 1.29 is 13.6 Å². The van der Waals surface area contributed by atoms with Gasteiger partial charge in [0.25, 0.3) is 5.56 Å². The lowest BCUT2D eigenvalue weighted by atomic mass is 9.83. The Hall–Kier alpha value is -4.08. The predicted octanol–water partition coefficient (Wildman–Crippen LogP) is 3.56. The van der Waals surface area contributed by atoms with E-state index in [0.717, 1.165) is 11.1 Å². The van der Waals surface area contributed by atoms with Crippen molar-refractivity contribution >= 4 is 22.5 Å². The Bertz CT molecular complexity index is 1510. The Kier molecular flexibility index (Phi) is 5.38. The second-order valence-corrected chi connectivity index (χ2v) is 8.98. The van der Waals surface area contributed by atoms with E-state index in [1.54, 1.807) is 17.0 Å². The van der Waals surface area contributed by atoms with Gasteiger partial charge in [-0.05, 0) is 49.6 Å². The molecule has 1 saturated heterocycles. The number of hydrogen-bond acceptors (Lipinski definition) is 5. The largest absolute Gasteiger partial charge is 0.373 e. The minimum Gasteiger partial charge on any atom is -0.373 e. The third-order valence-corrected chi connectivity index (χ3v) is 6.82. The number of aromatic amines is 1. The molecule has 10 heteroatoms. The molecule has 2 N–H and O–H groups in total. The SMILES string of the molecule is CC(=O)N1CC[C@](Nc2cc(F)c3ncn(-c4ccn[nH]4)c(=O)c3c2)(c2c(F)ccc(C)c2C)C1. The van der Waals surface area contributed by atoms with Crippen LogP contribution in [0.2, 0.25) is 0 Å². The van der Waals surface area contributed by atoms with E-state index in [1.807, 2.05) is 13.8 Å². The van der Waals surface area contributed by atoms with Crippen LogP contribution in [0.1, 0.15) is 30.0 Å². The number of H-pyrrole nitrogens is 1. The van der Waals surface area contributed by atoms with Gasteiger partial charge in [-0.1, -0.05) is 6.07 Å². The normalized spacial score (nSPS) is 17.8. The number of fused-ring (bicyclic) bond motifs is 1. The van der Waals surface area contributed by atoms with Crippen molar-refractivity contribution in [2.24, 2.45) is 0 Å². The first kappa shape index (κ1) is 22.7. The summed E-state index contributed by atoms with van der Waals surface area (Å²) >= 11 is 0. The maximum absolute atomic E-state index is 15.3. The Balaban J connectivity index is 1.67. The number of nitrogens with zero attached hydrogens (tertiary/aromatic N) is 4. The number of anilines is 1. The molecule has 3 heterocycles. The van der Waals surface area contributed by atoms with Crippen LogP contribution in [-0.2, 0) is 10.3 Å². The van der Waals surface area contributed by atoms with E-state index in [2.05, 4.69) is 20.5 Å². The summed E-state index contributed by atoms with van der Waals surface area (Å²) in [5, 5.41) is 9.90. The monoisotopic (exact) mass is 478 g/mol. The van der Waals surface area contributed by atoms with Crippen molar-refractivity contribution in [1.82, 2.24) is 24.6 Å². The molecule has 0 unspecified atom stereocenters. The fourth-order valence-corrected chi connectivity index (χ4v) is 4.91. The van der Waals surface area contributed by atoms with E-state index in [0.29, 0.717) is 30.0 Å². The quantitative estimate of drug-likeness (QED) is 0.468. The van der Waals surface area contributed by atoms with Gasteiger partial charge in [-0.3, -0.25) is 19.3 Å². The lowest BCUT2D eigenvalue weighted by Gasteiger charge is -2.34. The molecule has 1 fully saturated rings. The number of amides is 1. The van der Waals surface area contributed by atoms with E-state index in [1.165, 1.54) is 42.2 Å². The van der Waals surface area contributed by atoms with Crippen LogP contribution in [-0.4, -0.2) is 43.6 Å². The number of rotatable bonds is 4. The van der Waals surface area contributed by atoms with Gasteiger partial charge < -0.3 is 10.2 Å². The van der Waals surface area contributed by atoms with Gasteiger partial charge in [-0.25, -0.2) is 13.8 Å². The molecule has 0 aliphatic carbocycles. The number of hydrogen-bond donors (Lipinski definition) is 2. The van der Waals surface area contributed by atoms with Gasteiger partial charge in [0, 0.05) is 37.3 Å². The zero-order chi connectivity index (χ0) is 24.9. The number of halogens is 2. The first-order valence-corrected chi connectivity index (χ1v) is 11.2. The first-order valence-electron chi connectivity index (χ1n) is 11.2. The predicted molar refractivity (Wildman–Crippen MR) is 127 cm³/mol. The minimum atomic E-state index is -1.00. The zero-order valence-corrected chi connectivity index (χ0v) is 19.5. The lowest BCUT2D eigenvalue weighted by Crippen LogP contribution is -2.41. The van der Waals surface area contributed by atoms with E-state index >= 15 is 8.78 Å². The number of aryl methyl sites for hydroxylation is 1. The molecule has 0 bridgehead atoms. The molecule has 4 aromatic rings. The smallest absolute Gasteiger partial charge is 0.267 e. The molecular weight excluding hydrogens is 454 g/mol. The van der Waals surface area contributed by atoms with Gasteiger partial charge in [-0.15, -0.1) is 0 Å². The van der Waals surface area contributed by atoms with Crippen molar-refractivity contribution in [1.29, 1.82) is 0 Å². The highest BCUT2D eigenvalue weighted by atomic mass is 19.1. The molecule has 0 spiro atoms. The Morgan fingerprint density at radius 3 is 2.66 bits per heavy atom. The van der Waals surface area contributed by atoms with E-state index in [4.69, 9.17) is 0 Å². The highest BCUT2D eigenvalue weighted by Crippen LogP contribution is 2.40. The van der Waals surface area contributed by atoms with E-state index in [9.17, 15) is 9.59 Å². The van der Waals surface area contributed by atoms with Crippen LogP contribution in [0.25, 0.3) is 16.7 Å². The molecular formula is C25H24F2N6O2. The number of aromatic nitrogens is 4. The Labute approximate surface area is 199 Å². The molecule has 1 aliphatic rings. The summed E-state index contributed by atoms with van der Waals surface area (Å²) in [4.78, 5) is 31.1. The molecule has 1 amide bonds. The van der Waals surface area contributed by atoms with Crippen LogP contribution >= 0.6 is 0 Å². The summed E-state index contributed by atoms with van der Waals surface area (Å²) in [6.07, 6.45) is 3.15. The van der Waals surface area contributed by atoms with Gasteiger partial charge in [0.15, 0.2) is 5.82 Å². The lowest BCUT2D eigenvalue weighted by molar-refractivity contribution is -0.127. The Morgan fingerprint density at radius 2 is 1.97 bits per heavy atom. The molecule has 5 rings (SSSR count). The molecule has 1 atom stereocenters. The highest BCUT2D eigenvalue weighted by Gasteiger charge is 2.43. The van der Waals surface area contributed by atoms with Crippen LogP contribution in [0.15, 0.2) is 47.7 Å². The summed E-state index contributed by atoms with van der Waals surface area (Å²) in [5.41, 5.74) is 0.833. The number of carbonyl (C=O) groups excluding carboxylic acids is 1. The molecule has 8 nitrogen and oxygen atoms in total. The highest BCUT2D eigenvalue weighted by molar-refractivity contribution is 5.82. The van der Waals surface area contributed by atoms with Crippen molar-refractivity contribution in [2.75, 3.05) is 18.4 Å². The van der Waals surface area contributed by atoms with Crippen LogP contribution in [0.5, 0.6) is 0 Å². The average molecular weight is 479 g/mol. The van der Waals surface area contributed by atoms with Gasteiger partial charge in [0.05, 0.1) is 17.1 Å². The van der Waals surface area contributed by atoms with Crippen LogP contribution < -0.4 is 10.9 Å². The summed E-state index contributed by atoms with van der Waals surface area (Å²) < 4.78 is 31.6. The third-order valence-electron chi connectivity index (χ3n) is 6.82. The van der Waals surface area contributed by atoms with Gasteiger partial charge >= 0.3 is 0 Å². The van der Waals surface area contributed by atoms with Crippen molar-refractivity contribution in [3.8, 4) is 5.82 Å². The maximum atomic E-state index is 15.3. The fourth-order valence-electron chi connectivity index (χ4n) is 4.91. The third kappa shape index (κ3) is 3.74.